The standard InChI is InChI=1S/C19H34N4O2.HI/c1-7-20-19(21-14-15(5)23(8-2)9-3)22-16-11-12-17(25-10-4)18(13-16)24-6;/h11-13,15H,7-10,14H2,1-6H3,(H2,20,21,22);1H. The summed E-state index contributed by atoms with van der Waals surface area (Å²) in [7, 11) is 1.65. The van der Waals surface area contributed by atoms with Crippen LogP contribution in [0.4, 0.5) is 5.69 Å². The second kappa shape index (κ2) is 13.9. The van der Waals surface area contributed by atoms with Gasteiger partial charge in [-0.1, -0.05) is 13.8 Å². The molecule has 0 amide bonds. The molecule has 0 saturated heterocycles. The summed E-state index contributed by atoms with van der Waals surface area (Å²) in [5.41, 5.74) is 0.912. The molecule has 0 spiro atoms. The monoisotopic (exact) mass is 478 g/mol. The van der Waals surface area contributed by atoms with Gasteiger partial charge in [-0.15, -0.1) is 24.0 Å². The van der Waals surface area contributed by atoms with E-state index in [4.69, 9.17) is 14.5 Å². The smallest absolute Gasteiger partial charge is 0.195 e. The Kier molecular flexibility index (Phi) is 13.3. The van der Waals surface area contributed by atoms with Gasteiger partial charge in [-0.25, -0.2) is 0 Å². The van der Waals surface area contributed by atoms with Gasteiger partial charge in [-0.2, -0.15) is 0 Å². The van der Waals surface area contributed by atoms with Crippen LogP contribution in [0, 0.1) is 0 Å². The molecule has 6 nitrogen and oxygen atoms in total. The third-order valence-corrected chi connectivity index (χ3v) is 4.02. The molecule has 0 fully saturated rings. The van der Waals surface area contributed by atoms with E-state index in [2.05, 4.69) is 43.2 Å². The summed E-state index contributed by atoms with van der Waals surface area (Å²) in [6.45, 7) is 14.8. The Balaban J connectivity index is 0.00000625. The summed E-state index contributed by atoms with van der Waals surface area (Å²) >= 11 is 0. The number of methoxy groups -OCH3 is 1. The lowest BCUT2D eigenvalue weighted by Gasteiger charge is -2.25. The lowest BCUT2D eigenvalue weighted by Crippen LogP contribution is -2.37. The van der Waals surface area contributed by atoms with Gasteiger partial charge in [0.1, 0.15) is 0 Å². The van der Waals surface area contributed by atoms with Crippen molar-refractivity contribution in [2.75, 3.05) is 45.2 Å². The van der Waals surface area contributed by atoms with E-state index in [-0.39, 0.29) is 24.0 Å². The molecule has 1 aromatic rings. The molecule has 0 aromatic heterocycles. The SMILES string of the molecule is CCNC(=NCC(C)N(CC)CC)Nc1ccc(OCC)c(OC)c1.I. The van der Waals surface area contributed by atoms with E-state index in [1.807, 2.05) is 25.1 Å². The Labute approximate surface area is 175 Å². The molecular formula is C19H35IN4O2. The van der Waals surface area contributed by atoms with E-state index < -0.39 is 0 Å². The number of nitrogens with zero attached hydrogens (tertiary/aromatic N) is 2. The van der Waals surface area contributed by atoms with E-state index in [0.29, 0.717) is 18.4 Å². The number of aliphatic imine (C=N–C) groups is 1. The lowest BCUT2D eigenvalue weighted by atomic mass is 10.2. The van der Waals surface area contributed by atoms with Crippen molar-refractivity contribution in [3.05, 3.63) is 18.2 Å². The Bertz CT molecular complexity index is 536. The second-order valence-electron chi connectivity index (χ2n) is 5.71. The van der Waals surface area contributed by atoms with Gasteiger partial charge >= 0.3 is 0 Å². The first kappa shape index (κ1) is 24.8. The van der Waals surface area contributed by atoms with Crippen molar-refractivity contribution < 1.29 is 9.47 Å². The fourth-order valence-corrected chi connectivity index (χ4v) is 2.65. The van der Waals surface area contributed by atoms with Crippen molar-refractivity contribution in [2.45, 2.75) is 40.7 Å². The summed E-state index contributed by atoms with van der Waals surface area (Å²) in [4.78, 5) is 7.12. The summed E-state index contributed by atoms with van der Waals surface area (Å²) < 4.78 is 11.0. The van der Waals surface area contributed by atoms with E-state index >= 15 is 0 Å². The number of ether oxygens (including phenoxy) is 2. The molecule has 1 atom stereocenters. The van der Waals surface area contributed by atoms with Crippen LogP contribution in [0.2, 0.25) is 0 Å². The first-order chi connectivity index (χ1) is 12.1. The van der Waals surface area contributed by atoms with Crippen LogP contribution in [-0.4, -0.2) is 56.8 Å². The molecule has 1 rings (SSSR count). The van der Waals surface area contributed by atoms with Gasteiger partial charge in [-0.3, -0.25) is 9.89 Å². The van der Waals surface area contributed by atoms with Crippen molar-refractivity contribution in [1.29, 1.82) is 0 Å². The second-order valence-corrected chi connectivity index (χ2v) is 5.71. The predicted molar refractivity (Wildman–Crippen MR) is 122 cm³/mol. The number of rotatable bonds is 10. The molecule has 2 N–H and O–H groups in total. The number of guanidine groups is 1. The van der Waals surface area contributed by atoms with Gasteiger partial charge in [0.2, 0.25) is 0 Å². The molecule has 0 heterocycles. The highest BCUT2D eigenvalue weighted by Crippen LogP contribution is 2.30. The Morgan fingerprint density at radius 3 is 2.38 bits per heavy atom. The largest absolute Gasteiger partial charge is 0.493 e. The normalized spacial score (nSPS) is 12.3. The van der Waals surface area contributed by atoms with Crippen molar-refractivity contribution >= 4 is 35.6 Å². The van der Waals surface area contributed by atoms with Crippen LogP contribution in [0.3, 0.4) is 0 Å². The highest BCUT2D eigenvalue weighted by molar-refractivity contribution is 14.0. The number of hydrogen-bond acceptors (Lipinski definition) is 4. The highest BCUT2D eigenvalue weighted by Gasteiger charge is 2.10. The molecule has 0 aliphatic rings. The minimum Gasteiger partial charge on any atom is -0.493 e. The molecule has 1 aromatic carbocycles. The van der Waals surface area contributed by atoms with Gasteiger partial charge in [0, 0.05) is 24.3 Å². The zero-order valence-electron chi connectivity index (χ0n) is 17.0. The van der Waals surface area contributed by atoms with Crippen molar-refractivity contribution in [1.82, 2.24) is 10.2 Å². The lowest BCUT2D eigenvalue weighted by molar-refractivity contribution is 0.237. The van der Waals surface area contributed by atoms with Gasteiger partial charge in [0.25, 0.3) is 0 Å². The molecule has 0 aliphatic heterocycles. The third-order valence-electron chi connectivity index (χ3n) is 4.02. The molecule has 1 unspecified atom stereocenters. The highest BCUT2D eigenvalue weighted by atomic mass is 127. The zero-order valence-corrected chi connectivity index (χ0v) is 19.3. The summed E-state index contributed by atoms with van der Waals surface area (Å²) in [6, 6.07) is 6.20. The maximum absolute atomic E-state index is 5.56. The minimum atomic E-state index is 0. The van der Waals surface area contributed by atoms with Crippen molar-refractivity contribution in [2.24, 2.45) is 4.99 Å². The van der Waals surface area contributed by atoms with Crippen LogP contribution < -0.4 is 20.1 Å². The summed E-state index contributed by atoms with van der Waals surface area (Å²) in [5, 5.41) is 6.63. The number of benzene rings is 1. The Morgan fingerprint density at radius 1 is 1.15 bits per heavy atom. The molecule has 0 saturated carbocycles. The zero-order chi connectivity index (χ0) is 18.7. The van der Waals surface area contributed by atoms with Gasteiger partial charge in [0.15, 0.2) is 17.5 Å². The molecule has 0 radical (unpaired) electrons. The van der Waals surface area contributed by atoms with E-state index in [1.54, 1.807) is 7.11 Å². The Morgan fingerprint density at radius 2 is 1.85 bits per heavy atom. The molecule has 7 heteroatoms. The third kappa shape index (κ3) is 7.99. The fourth-order valence-electron chi connectivity index (χ4n) is 2.65. The number of nitrogens with one attached hydrogen (secondary N) is 2. The summed E-state index contributed by atoms with van der Waals surface area (Å²) in [6.07, 6.45) is 0. The molecular weight excluding hydrogens is 443 g/mol. The first-order valence-electron chi connectivity index (χ1n) is 9.19. The predicted octanol–water partition coefficient (Wildman–Crippen LogP) is 3.82. The van der Waals surface area contributed by atoms with Crippen LogP contribution in [0.1, 0.15) is 34.6 Å². The maximum atomic E-state index is 5.56. The van der Waals surface area contributed by atoms with Gasteiger partial charge in [-0.05, 0) is 46.0 Å². The molecule has 26 heavy (non-hydrogen) atoms. The number of hydrogen-bond donors (Lipinski definition) is 2. The Hall–Kier alpha value is -1.22. The number of anilines is 1. The van der Waals surface area contributed by atoms with Gasteiger partial charge < -0.3 is 20.1 Å². The van der Waals surface area contributed by atoms with E-state index in [0.717, 1.165) is 43.6 Å². The number of likely N-dealkylation sites (N-methyl/N-ethyl adjacent to an activating group) is 1. The quantitative estimate of drug-likeness (QED) is 0.304. The maximum Gasteiger partial charge on any atom is 0.195 e. The number of halogens is 1. The van der Waals surface area contributed by atoms with Crippen molar-refractivity contribution in [3.63, 3.8) is 0 Å². The van der Waals surface area contributed by atoms with Crippen LogP contribution in [-0.2, 0) is 0 Å². The van der Waals surface area contributed by atoms with Gasteiger partial charge in [0.05, 0.1) is 20.3 Å². The van der Waals surface area contributed by atoms with E-state index in [1.165, 1.54) is 0 Å². The van der Waals surface area contributed by atoms with Crippen LogP contribution in [0.25, 0.3) is 0 Å². The first-order valence-corrected chi connectivity index (χ1v) is 9.19. The van der Waals surface area contributed by atoms with E-state index in [9.17, 15) is 0 Å². The van der Waals surface area contributed by atoms with Crippen LogP contribution in [0.15, 0.2) is 23.2 Å². The van der Waals surface area contributed by atoms with Crippen LogP contribution >= 0.6 is 24.0 Å². The fraction of sp³-hybridized carbons (Fsp3) is 0.632. The summed E-state index contributed by atoms with van der Waals surface area (Å²) in [5.74, 6) is 2.22. The van der Waals surface area contributed by atoms with Crippen molar-refractivity contribution in [3.8, 4) is 11.5 Å². The molecule has 0 aliphatic carbocycles. The average Bonchev–Trinajstić information content (AvgIpc) is 2.62. The average molecular weight is 478 g/mol. The molecule has 0 bridgehead atoms. The topological polar surface area (TPSA) is 58.1 Å². The van der Waals surface area contributed by atoms with Crippen LogP contribution in [0.5, 0.6) is 11.5 Å². The minimum absolute atomic E-state index is 0. The molecule has 150 valence electrons.